The highest BCUT2D eigenvalue weighted by Crippen LogP contribution is 2.23. The maximum atomic E-state index is 12.5. The van der Waals surface area contributed by atoms with Crippen molar-refractivity contribution in [3.05, 3.63) is 41.6 Å². The van der Waals surface area contributed by atoms with Crippen molar-refractivity contribution >= 4 is 5.91 Å². The van der Waals surface area contributed by atoms with Crippen LogP contribution in [0.2, 0.25) is 0 Å². The summed E-state index contributed by atoms with van der Waals surface area (Å²) < 4.78 is 7.21. The fourth-order valence-corrected chi connectivity index (χ4v) is 2.77. The molecule has 1 atom stereocenters. The standard InChI is InChI=1S/C15H19N3O2/c1-11-8-16-18(9-11)13-4-3-6-17(10-13)15(19)14-5-7-20-12(14)2/h5,7-9,13H,3-4,6,10H2,1-2H3/t13-/m1/s1. The molecule has 3 heterocycles. The Kier molecular flexibility index (Phi) is 3.34. The Bertz CT molecular complexity index is 614. The van der Waals surface area contributed by atoms with Gasteiger partial charge in [0, 0.05) is 19.3 Å². The van der Waals surface area contributed by atoms with Crippen LogP contribution in [0.5, 0.6) is 0 Å². The highest BCUT2D eigenvalue weighted by atomic mass is 16.3. The lowest BCUT2D eigenvalue weighted by atomic mass is 10.0. The van der Waals surface area contributed by atoms with E-state index in [0.717, 1.165) is 24.9 Å². The van der Waals surface area contributed by atoms with E-state index in [1.54, 1.807) is 12.3 Å². The highest BCUT2D eigenvalue weighted by molar-refractivity contribution is 5.95. The predicted molar refractivity (Wildman–Crippen MR) is 74.6 cm³/mol. The van der Waals surface area contributed by atoms with Crippen LogP contribution in [0.1, 0.15) is 40.6 Å². The van der Waals surface area contributed by atoms with Crippen LogP contribution < -0.4 is 0 Å². The fourth-order valence-electron chi connectivity index (χ4n) is 2.77. The Morgan fingerprint density at radius 1 is 1.45 bits per heavy atom. The maximum Gasteiger partial charge on any atom is 0.257 e. The van der Waals surface area contributed by atoms with Crippen LogP contribution in [0.4, 0.5) is 0 Å². The number of piperidine rings is 1. The second-order valence-corrected chi connectivity index (χ2v) is 5.44. The van der Waals surface area contributed by atoms with Crippen molar-refractivity contribution < 1.29 is 9.21 Å². The van der Waals surface area contributed by atoms with Crippen LogP contribution in [0, 0.1) is 13.8 Å². The molecule has 1 saturated heterocycles. The van der Waals surface area contributed by atoms with Crippen LogP contribution >= 0.6 is 0 Å². The fraction of sp³-hybridized carbons (Fsp3) is 0.467. The lowest BCUT2D eigenvalue weighted by molar-refractivity contribution is 0.0671. The summed E-state index contributed by atoms with van der Waals surface area (Å²) in [7, 11) is 0. The molecule has 1 aliphatic rings. The molecule has 0 bridgehead atoms. The molecule has 20 heavy (non-hydrogen) atoms. The minimum absolute atomic E-state index is 0.0600. The van der Waals surface area contributed by atoms with Crippen molar-refractivity contribution in [2.45, 2.75) is 32.7 Å². The molecular weight excluding hydrogens is 254 g/mol. The monoisotopic (exact) mass is 273 g/mol. The van der Waals surface area contributed by atoms with Crippen molar-refractivity contribution in [1.82, 2.24) is 14.7 Å². The summed E-state index contributed by atoms with van der Waals surface area (Å²) in [5.74, 6) is 0.747. The van der Waals surface area contributed by atoms with Gasteiger partial charge in [-0.25, -0.2) is 0 Å². The number of carbonyl (C=O) groups excluding carboxylic acids is 1. The zero-order valence-corrected chi connectivity index (χ0v) is 11.9. The third-order valence-electron chi connectivity index (χ3n) is 3.88. The van der Waals surface area contributed by atoms with Gasteiger partial charge in [0.2, 0.25) is 0 Å². The first-order valence-electron chi connectivity index (χ1n) is 6.99. The third kappa shape index (κ3) is 2.35. The Morgan fingerprint density at radius 2 is 2.30 bits per heavy atom. The van der Waals surface area contributed by atoms with Gasteiger partial charge in [0.15, 0.2) is 0 Å². The highest BCUT2D eigenvalue weighted by Gasteiger charge is 2.27. The molecule has 5 heteroatoms. The molecule has 0 unspecified atom stereocenters. The lowest BCUT2D eigenvalue weighted by Crippen LogP contribution is -2.40. The van der Waals surface area contributed by atoms with Gasteiger partial charge in [0.1, 0.15) is 5.76 Å². The number of likely N-dealkylation sites (tertiary alicyclic amines) is 1. The number of rotatable bonds is 2. The number of amides is 1. The number of aromatic nitrogens is 2. The average molecular weight is 273 g/mol. The second-order valence-electron chi connectivity index (χ2n) is 5.44. The first-order valence-corrected chi connectivity index (χ1v) is 6.99. The molecular formula is C15H19N3O2. The van der Waals surface area contributed by atoms with Gasteiger partial charge in [-0.2, -0.15) is 5.10 Å². The molecule has 3 rings (SSSR count). The molecule has 2 aromatic rings. The SMILES string of the molecule is Cc1cnn([C@@H]2CCCN(C(=O)c3ccoc3C)C2)c1. The van der Waals surface area contributed by atoms with Crippen LogP contribution in [0.25, 0.3) is 0 Å². The normalized spacial score (nSPS) is 19.3. The summed E-state index contributed by atoms with van der Waals surface area (Å²) in [6, 6.07) is 2.02. The van der Waals surface area contributed by atoms with Gasteiger partial charge in [-0.15, -0.1) is 0 Å². The number of carbonyl (C=O) groups is 1. The second kappa shape index (κ2) is 5.15. The topological polar surface area (TPSA) is 51.3 Å². The Morgan fingerprint density at radius 3 is 2.95 bits per heavy atom. The van der Waals surface area contributed by atoms with E-state index in [-0.39, 0.29) is 11.9 Å². The molecule has 2 aromatic heterocycles. The van der Waals surface area contributed by atoms with E-state index < -0.39 is 0 Å². The van der Waals surface area contributed by atoms with Gasteiger partial charge in [0.05, 0.1) is 24.1 Å². The molecule has 0 aromatic carbocycles. The number of aryl methyl sites for hydroxylation is 2. The molecule has 0 spiro atoms. The summed E-state index contributed by atoms with van der Waals surface area (Å²) in [4.78, 5) is 14.4. The summed E-state index contributed by atoms with van der Waals surface area (Å²) in [5, 5.41) is 4.37. The molecule has 1 amide bonds. The average Bonchev–Trinajstić information content (AvgIpc) is 3.07. The molecule has 1 aliphatic heterocycles. The molecule has 106 valence electrons. The molecule has 1 fully saturated rings. The van der Waals surface area contributed by atoms with E-state index in [1.807, 2.05) is 35.8 Å². The van der Waals surface area contributed by atoms with Crippen molar-refractivity contribution in [1.29, 1.82) is 0 Å². The van der Waals surface area contributed by atoms with Gasteiger partial charge in [-0.05, 0) is 38.3 Å². The number of hydrogen-bond acceptors (Lipinski definition) is 3. The minimum Gasteiger partial charge on any atom is -0.469 e. The summed E-state index contributed by atoms with van der Waals surface area (Å²) in [6.07, 6.45) is 7.55. The van der Waals surface area contributed by atoms with Crippen LogP contribution in [0.15, 0.2) is 29.1 Å². The van der Waals surface area contributed by atoms with Gasteiger partial charge in [-0.1, -0.05) is 0 Å². The van der Waals surface area contributed by atoms with E-state index in [9.17, 15) is 4.79 Å². The largest absolute Gasteiger partial charge is 0.469 e. The number of hydrogen-bond donors (Lipinski definition) is 0. The smallest absolute Gasteiger partial charge is 0.257 e. The van der Waals surface area contributed by atoms with Crippen LogP contribution in [0.3, 0.4) is 0 Å². The molecule has 0 N–H and O–H groups in total. The number of nitrogens with zero attached hydrogens (tertiary/aromatic N) is 3. The van der Waals surface area contributed by atoms with Gasteiger partial charge in [-0.3, -0.25) is 9.48 Å². The predicted octanol–water partition coefficient (Wildman–Crippen LogP) is 2.57. The Balaban J connectivity index is 1.75. The first-order chi connectivity index (χ1) is 9.65. The first kappa shape index (κ1) is 13.0. The van der Waals surface area contributed by atoms with Gasteiger partial charge < -0.3 is 9.32 Å². The molecule has 0 radical (unpaired) electrons. The van der Waals surface area contributed by atoms with E-state index >= 15 is 0 Å². The van der Waals surface area contributed by atoms with Crippen molar-refractivity contribution in [3.63, 3.8) is 0 Å². The van der Waals surface area contributed by atoms with Crippen molar-refractivity contribution in [3.8, 4) is 0 Å². The minimum atomic E-state index is 0.0600. The van der Waals surface area contributed by atoms with E-state index in [4.69, 9.17) is 4.42 Å². The zero-order valence-electron chi connectivity index (χ0n) is 11.9. The molecule has 0 saturated carbocycles. The quantitative estimate of drug-likeness (QED) is 0.845. The third-order valence-corrected chi connectivity index (χ3v) is 3.88. The number of furan rings is 1. The van der Waals surface area contributed by atoms with E-state index in [2.05, 4.69) is 5.10 Å². The zero-order chi connectivity index (χ0) is 14.1. The summed E-state index contributed by atoms with van der Waals surface area (Å²) in [6.45, 7) is 5.38. The summed E-state index contributed by atoms with van der Waals surface area (Å²) in [5.41, 5.74) is 1.82. The Labute approximate surface area is 118 Å². The lowest BCUT2D eigenvalue weighted by Gasteiger charge is -2.32. The van der Waals surface area contributed by atoms with Crippen LogP contribution in [-0.2, 0) is 0 Å². The van der Waals surface area contributed by atoms with Crippen molar-refractivity contribution in [2.75, 3.05) is 13.1 Å². The van der Waals surface area contributed by atoms with Gasteiger partial charge >= 0.3 is 0 Å². The molecule has 0 aliphatic carbocycles. The molecule has 5 nitrogen and oxygen atoms in total. The van der Waals surface area contributed by atoms with Crippen molar-refractivity contribution in [2.24, 2.45) is 0 Å². The summed E-state index contributed by atoms with van der Waals surface area (Å²) >= 11 is 0. The van der Waals surface area contributed by atoms with E-state index in [1.165, 1.54) is 0 Å². The van der Waals surface area contributed by atoms with Gasteiger partial charge in [0.25, 0.3) is 5.91 Å². The Hall–Kier alpha value is -2.04. The van der Waals surface area contributed by atoms with E-state index in [0.29, 0.717) is 17.9 Å². The van der Waals surface area contributed by atoms with Crippen LogP contribution in [-0.4, -0.2) is 33.7 Å². The maximum absolute atomic E-state index is 12.5.